The van der Waals surface area contributed by atoms with Crippen LogP contribution in [0.4, 0.5) is 0 Å². The molecule has 1 rings (SSSR count). The van der Waals surface area contributed by atoms with Gasteiger partial charge in [-0.15, -0.1) is 0 Å². The highest BCUT2D eigenvalue weighted by Crippen LogP contribution is 2.14. The van der Waals surface area contributed by atoms with Crippen LogP contribution in [0.3, 0.4) is 0 Å². The lowest BCUT2D eigenvalue weighted by Gasteiger charge is -2.06. The predicted molar refractivity (Wildman–Crippen MR) is 133 cm³/mol. The first-order valence-corrected chi connectivity index (χ1v) is 13.1. The zero-order valence-electron chi connectivity index (χ0n) is 21.1. The van der Waals surface area contributed by atoms with E-state index >= 15 is 0 Å². The topological polar surface area (TPSA) is 61.8 Å². The van der Waals surface area contributed by atoms with Gasteiger partial charge in [0.25, 0.3) is 0 Å². The normalized spacial score (nSPS) is 10.7. The average molecular weight is 463 g/mol. The Morgan fingerprint density at radius 1 is 0.636 bits per heavy atom. The van der Waals surface area contributed by atoms with Crippen LogP contribution in [0, 0.1) is 0 Å². The molecular formula is C28H46O5. The van der Waals surface area contributed by atoms with E-state index in [1.54, 1.807) is 7.11 Å². The maximum absolute atomic E-state index is 11.8. The van der Waals surface area contributed by atoms with Crippen molar-refractivity contribution in [3.8, 4) is 5.75 Å². The van der Waals surface area contributed by atoms with Crippen molar-refractivity contribution < 1.29 is 23.8 Å². The standard InChI is InChI=1S/C28H46O5/c1-3-4-5-6-7-10-13-16-23-32-27(29)17-14-11-8-9-12-15-18-28(30)33-24-25-19-21-26(31-2)22-20-25/h19-22H,3-18,23-24H2,1-2H3. The van der Waals surface area contributed by atoms with Crippen LogP contribution in [0.2, 0.25) is 0 Å². The third-order valence-corrected chi connectivity index (χ3v) is 5.83. The number of unbranched alkanes of at least 4 members (excludes halogenated alkanes) is 12. The van der Waals surface area contributed by atoms with E-state index in [0.717, 1.165) is 62.7 Å². The molecule has 0 radical (unpaired) electrons. The lowest BCUT2D eigenvalue weighted by atomic mass is 10.1. The maximum atomic E-state index is 11.8. The monoisotopic (exact) mass is 462 g/mol. The van der Waals surface area contributed by atoms with Gasteiger partial charge in [0.15, 0.2) is 0 Å². The Balaban J connectivity index is 1.85. The molecule has 0 bridgehead atoms. The maximum Gasteiger partial charge on any atom is 0.306 e. The summed E-state index contributed by atoms with van der Waals surface area (Å²) in [5, 5.41) is 0. The van der Waals surface area contributed by atoms with Crippen molar-refractivity contribution in [2.24, 2.45) is 0 Å². The fraction of sp³-hybridized carbons (Fsp3) is 0.714. The molecule has 0 aliphatic rings. The van der Waals surface area contributed by atoms with Gasteiger partial charge in [-0.3, -0.25) is 9.59 Å². The van der Waals surface area contributed by atoms with Gasteiger partial charge in [-0.05, 0) is 37.0 Å². The summed E-state index contributed by atoms with van der Waals surface area (Å²) >= 11 is 0. The van der Waals surface area contributed by atoms with Crippen LogP contribution in [0.1, 0.15) is 115 Å². The molecule has 0 saturated carbocycles. The molecule has 0 atom stereocenters. The van der Waals surface area contributed by atoms with Gasteiger partial charge in [-0.2, -0.15) is 0 Å². The van der Waals surface area contributed by atoms with E-state index in [2.05, 4.69) is 6.92 Å². The van der Waals surface area contributed by atoms with E-state index in [4.69, 9.17) is 14.2 Å². The zero-order chi connectivity index (χ0) is 24.0. The summed E-state index contributed by atoms with van der Waals surface area (Å²) in [7, 11) is 1.63. The van der Waals surface area contributed by atoms with Crippen LogP contribution < -0.4 is 4.74 Å². The Hall–Kier alpha value is -2.04. The summed E-state index contributed by atoms with van der Waals surface area (Å²) in [6, 6.07) is 7.52. The number of carbonyl (C=O) groups excluding carboxylic acids is 2. The highest BCUT2D eigenvalue weighted by atomic mass is 16.5. The van der Waals surface area contributed by atoms with E-state index in [0.29, 0.717) is 26.1 Å². The number of rotatable bonds is 21. The van der Waals surface area contributed by atoms with Gasteiger partial charge in [0.1, 0.15) is 12.4 Å². The Morgan fingerprint density at radius 2 is 1.12 bits per heavy atom. The van der Waals surface area contributed by atoms with Gasteiger partial charge in [-0.25, -0.2) is 0 Å². The molecule has 0 aliphatic heterocycles. The molecule has 1 aromatic carbocycles. The Bertz CT molecular complexity index is 611. The summed E-state index contributed by atoms with van der Waals surface area (Å²) < 4.78 is 15.8. The molecule has 0 aromatic heterocycles. The minimum atomic E-state index is -0.148. The number of methoxy groups -OCH3 is 1. The molecule has 0 saturated heterocycles. The molecule has 0 spiro atoms. The first-order chi connectivity index (χ1) is 16.2. The molecule has 0 N–H and O–H groups in total. The van der Waals surface area contributed by atoms with Crippen molar-refractivity contribution in [2.75, 3.05) is 13.7 Å². The molecule has 5 nitrogen and oxygen atoms in total. The minimum Gasteiger partial charge on any atom is -0.497 e. The number of benzene rings is 1. The lowest BCUT2D eigenvalue weighted by Crippen LogP contribution is -2.05. The minimum absolute atomic E-state index is 0.0578. The fourth-order valence-electron chi connectivity index (χ4n) is 3.70. The second-order valence-corrected chi connectivity index (χ2v) is 8.83. The van der Waals surface area contributed by atoms with Crippen LogP contribution in [-0.2, 0) is 25.7 Å². The van der Waals surface area contributed by atoms with Gasteiger partial charge in [0.05, 0.1) is 13.7 Å². The largest absolute Gasteiger partial charge is 0.497 e. The van der Waals surface area contributed by atoms with Crippen LogP contribution in [-0.4, -0.2) is 25.7 Å². The Morgan fingerprint density at radius 3 is 1.67 bits per heavy atom. The molecule has 0 fully saturated rings. The highest BCUT2D eigenvalue weighted by Gasteiger charge is 2.05. The summed E-state index contributed by atoms with van der Waals surface area (Å²) in [5.74, 6) is 0.586. The smallest absolute Gasteiger partial charge is 0.306 e. The van der Waals surface area contributed by atoms with Crippen molar-refractivity contribution >= 4 is 11.9 Å². The summed E-state index contributed by atoms with van der Waals surface area (Å²) in [6.07, 6.45) is 17.0. The van der Waals surface area contributed by atoms with E-state index in [1.165, 1.54) is 38.5 Å². The van der Waals surface area contributed by atoms with Crippen molar-refractivity contribution in [1.82, 2.24) is 0 Å². The van der Waals surface area contributed by atoms with Gasteiger partial charge < -0.3 is 14.2 Å². The zero-order valence-corrected chi connectivity index (χ0v) is 21.1. The van der Waals surface area contributed by atoms with Crippen molar-refractivity contribution in [1.29, 1.82) is 0 Å². The third kappa shape index (κ3) is 17.1. The van der Waals surface area contributed by atoms with Crippen LogP contribution in [0.5, 0.6) is 5.75 Å². The number of carbonyl (C=O) groups is 2. The molecule has 5 heteroatoms. The SMILES string of the molecule is CCCCCCCCCCOC(=O)CCCCCCCCC(=O)OCc1ccc(OC)cc1. The Kier molecular flexibility index (Phi) is 18.1. The molecule has 0 amide bonds. The first-order valence-electron chi connectivity index (χ1n) is 13.1. The molecule has 188 valence electrons. The quantitative estimate of drug-likeness (QED) is 0.139. The second-order valence-electron chi connectivity index (χ2n) is 8.83. The molecule has 1 aromatic rings. The molecule has 33 heavy (non-hydrogen) atoms. The lowest BCUT2D eigenvalue weighted by molar-refractivity contribution is -0.145. The fourth-order valence-corrected chi connectivity index (χ4v) is 3.70. The molecule has 0 unspecified atom stereocenters. The highest BCUT2D eigenvalue weighted by molar-refractivity contribution is 5.69. The molecule has 0 aliphatic carbocycles. The van der Waals surface area contributed by atoms with Gasteiger partial charge >= 0.3 is 11.9 Å². The van der Waals surface area contributed by atoms with Crippen LogP contribution in [0.25, 0.3) is 0 Å². The molecule has 0 heterocycles. The Labute approximate surface area is 201 Å². The van der Waals surface area contributed by atoms with Crippen molar-refractivity contribution in [2.45, 2.75) is 116 Å². The summed E-state index contributed by atoms with van der Waals surface area (Å²) in [5.41, 5.74) is 0.959. The first kappa shape index (κ1) is 29.0. The number of hydrogen-bond donors (Lipinski definition) is 0. The third-order valence-electron chi connectivity index (χ3n) is 5.83. The van der Waals surface area contributed by atoms with E-state index in [9.17, 15) is 9.59 Å². The average Bonchev–Trinajstić information content (AvgIpc) is 2.83. The number of ether oxygens (including phenoxy) is 3. The van der Waals surface area contributed by atoms with E-state index < -0.39 is 0 Å². The van der Waals surface area contributed by atoms with Crippen molar-refractivity contribution in [3.63, 3.8) is 0 Å². The number of hydrogen-bond acceptors (Lipinski definition) is 5. The van der Waals surface area contributed by atoms with Gasteiger partial charge in [0, 0.05) is 12.8 Å². The van der Waals surface area contributed by atoms with Crippen LogP contribution >= 0.6 is 0 Å². The van der Waals surface area contributed by atoms with Crippen molar-refractivity contribution in [3.05, 3.63) is 29.8 Å². The van der Waals surface area contributed by atoms with Gasteiger partial charge in [0.2, 0.25) is 0 Å². The van der Waals surface area contributed by atoms with Gasteiger partial charge in [-0.1, -0.05) is 89.7 Å². The van der Waals surface area contributed by atoms with E-state index in [1.807, 2.05) is 24.3 Å². The van der Waals surface area contributed by atoms with Crippen LogP contribution in [0.15, 0.2) is 24.3 Å². The second kappa shape index (κ2) is 20.6. The predicted octanol–water partition coefficient (Wildman–Crippen LogP) is 7.54. The summed E-state index contributed by atoms with van der Waals surface area (Å²) in [4.78, 5) is 23.6. The molecular weight excluding hydrogens is 416 g/mol. The number of esters is 2. The van der Waals surface area contributed by atoms with E-state index in [-0.39, 0.29) is 11.9 Å². The summed E-state index contributed by atoms with van der Waals surface area (Å²) in [6.45, 7) is 3.11.